The summed E-state index contributed by atoms with van der Waals surface area (Å²) in [4.78, 5) is 4.70. The van der Waals surface area contributed by atoms with Crippen LogP contribution in [0.4, 0.5) is 0 Å². The average Bonchev–Trinajstić information content (AvgIpc) is 3.21. The topological polar surface area (TPSA) is 65.7 Å². The number of halogens is 1. The number of nitrogens with zero attached hydrogens (tertiary/aromatic N) is 5. The highest BCUT2D eigenvalue weighted by atomic mass is 79.9. The Morgan fingerprint density at radius 3 is 3.04 bits per heavy atom. The standard InChI is InChI=1S/C14H14BrN5OS2/c1-3-20-14(17-18-19-20)23-8-10-7-22-13(16-10)11-6-9(15)4-5-12(11)21-2/h4-7H,3,8H2,1-2H3. The monoisotopic (exact) mass is 411 g/mol. The first-order valence-electron chi connectivity index (χ1n) is 6.88. The molecule has 2 aromatic heterocycles. The van der Waals surface area contributed by atoms with Gasteiger partial charge in [-0.3, -0.25) is 0 Å². The summed E-state index contributed by atoms with van der Waals surface area (Å²) in [7, 11) is 1.67. The first-order valence-corrected chi connectivity index (χ1v) is 9.54. The Morgan fingerprint density at radius 1 is 1.39 bits per heavy atom. The molecule has 0 amide bonds. The van der Waals surface area contributed by atoms with Crippen molar-refractivity contribution in [1.82, 2.24) is 25.2 Å². The van der Waals surface area contributed by atoms with Crippen molar-refractivity contribution < 1.29 is 4.74 Å². The molecule has 2 heterocycles. The first kappa shape index (κ1) is 16.4. The van der Waals surface area contributed by atoms with E-state index in [0.717, 1.165) is 43.9 Å². The van der Waals surface area contributed by atoms with Gasteiger partial charge in [0.25, 0.3) is 0 Å². The van der Waals surface area contributed by atoms with Gasteiger partial charge in [-0.15, -0.1) is 16.4 Å². The fourth-order valence-corrected chi connectivity index (χ4v) is 4.12. The second kappa shape index (κ2) is 7.41. The number of benzene rings is 1. The molecule has 6 nitrogen and oxygen atoms in total. The molecule has 0 spiro atoms. The minimum atomic E-state index is 0.729. The van der Waals surface area contributed by atoms with Gasteiger partial charge in [0.2, 0.25) is 5.16 Å². The third kappa shape index (κ3) is 3.73. The lowest BCUT2D eigenvalue weighted by Gasteiger charge is -2.06. The summed E-state index contributed by atoms with van der Waals surface area (Å²) in [6.45, 7) is 2.77. The Bertz CT molecular complexity index is 804. The highest BCUT2D eigenvalue weighted by Crippen LogP contribution is 2.35. The third-order valence-corrected chi connectivity index (χ3v) is 5.50. The summed E-state index contributed by atoms with van der Waals surface area (Å²) >= 11 is 6.68. The molecule has 23 heavy (non-hydrogen) atoms. The van der Waals surface area contributed by atoms with Gasteiger partial charge in [-0.05, 0) is 35.5 Å². The Hall–Kier alpha value is -1.45. The first-order chi connectivity index (χ1) is 11.2. The molecule has 0 atom stereocenters. The number of tetrazole rings is 1. The fourth-order valence-electron chi connectivity index (χ4n) is 1.98. The lowest BCUT2D eigenvalue weighted by molar-refractivity contribution is 0.416. The van der Waals surface area contributed by atoms with Crippen LogP contribution in [-0.2, 0) is 12.3 Å². The van der Waals surface area contributed by atoms with Crippen LogP contribution in [0.1, 0.15) is 12.6 Å². The summed E-state index contributed by atoms with van der Waals surface area (Å²) in [5.74, 6) is 1.55. The van der Waals surface area contributed by atoms with E-state index in [0.29, 0.717) is 0 Å². The number of methoxy groups -OCH3 is 1. The van der Waals surface area contributed by atoms with E-state index in [1.807, 2.05) is 25.1 Å². The maximum absolute atomic E-state index is 5.42. The number of thioether (sulfide) groups is 1. The molecule has 0 aliphatic carbocycles. The van der Waals surface area contributed by atoms with Gasteiger partial charge in [0, 0.05) is 22.2 Å². The largest absolute Gasteiger partial charge is 0.496 e. The van der Waals surface area contributed by atoms with E-state index in [1.165, 1.54) is 0 Å². The van der Waals surface area contributed by atoms with E-state index < -0.39 is 0 Å². The lowest BCUT2D eigenvalue weighted by Crippen LogP contribution is -1.98. The number of ether oxygens (including phenoxy) is 1. The zero-order chi connectivity index (χ0) is 16.2. The predicted octanol–water partition coefficient (Wildman–Crippen LogP) is 3.88. The van der Waals surface area contributed by atoms with Gasteiger partial charge < -0.3 is 4.74 Å². The van der Waals surface area contributed by atoms with E-state index in [9.17, 15) is 0 Å². The maximum Gasteiger partial charge on any atom is 0.209 e. The Labute approximate surface area is 150 Å². The summed E-state index contributed by atoms with van der Waals surface area (Å²) in [5, 5.41) is 15.4. The van der Waals surface area contributed by atoms with Crippen LogP contribution in [0.5, 0.6) is 5.75 Å². The molecule has 0 bridgehead atoms. The molecule has 3 rings (SSSR count). The summed E-state index contributed by atoms with van der Waals surface area (Å²) < 4.78 is 8.20. The molecular weight excluding hydrogens is 398 g/mol. The smallest absolute Gasteiger partial charge is 0.209 e. The van der Waals surface area contributed by atoms with E-state index in [2.05, 4.69) is 36.8 Å². The summed E-state index contributed by atoms with van der Waals surface area (Å²) in [6.07, 6.45) is 0. The molecule has 9 heteroatoms. The van der Waals surface area contributed by atoms with Gasteiger partial charge in [-0.1, -0.05) is 27.7 Å². The van der Waals surface area contributed by atoms with Gasteiger partial charge in [0.1, 0.15) is 10.8 Å². The second-order valence-electron chi connectivity index (χ2n) is 4.55. The molecule has 3 aromatic rings. The maximum atomic E-state index is 5.42. The highest BCUT2D eigenvalue weighted by molar-refractivity contribution is 9.10. The third-order valence-electron chi connectivity index (χ3n) is 3.09. The van der Waals surface area contributed by atoms with Crippen molar-refractivity contribution in [3.8, 4) is 16.3 Å². The van der Waals surface area contributed by atoms with Crippen LogP contribution in [0.15, 0.2) is 33.2 Å². The van der Waals surface area contributed by atoms with Crippen LogP contribution in [-0.4, -0.2) is 32.3 Å². The molecule has 0 saturated carbocycles. The molecule has 0 saturated heterocycles. The van der Waals surface area contributed by atoms with E-state index >= 15 is 0 Å². The molecule has 0 aliphatic rings. The summed E-state index contributed by atoms with van der Waals surface area (Å²) in [6, 6.07) is 5.91. The molecule has 0 N–H and O–H groups in total. The predicted molar refractivity (Wildman–Crippen MR) is 94.9 cm³/mol. The van der Waals surface area contributed by atoms with Crippen LogP contribution < -0.4 is 4.74 Å². The van der Waals surface area contributed by atoms with Crippen molar-refractivity contribution >= 4 is 39.0 Å². The van der Waals surface area contributed by atoms with E-state index in [-0.39, 0.29) is 0 Å². The second-order valence-corrected chi connectivity index (χ2v) is 7.27. The van der Waals surface area contributed by atoms with Crippen molar-refractivity contribution in [3.63, 3.8) is 0 Å². The van der Waals surface area contributed by atoms with Crippen LogP contribution in [0.25, 0.3) is 10.6 Å². The number of hydrogen-bond donors (Lipinski definition) is 0. The Kier molecular flexibility index (Phi) is 5.29. The molecular formula is C14H14BrN5OS2. The van der Waals surface area contributed by atoms with Crippen LogP contribution in [0, 0.1) is 0 Å². The fraction of sp³-hybridized carbons (Fsp3) is 0.286. The van der Waals surface area contributed by atoms with Crippen molar-refractivity contribution in [3.05, 3.63) is 33.7 Å². The molecule has 1 aromatic carbocycles. The SMILES string of the molecule is CCn1nnnc1SCc1csc(-c2cc(Br)ccc2OC)n1. The quantitative estimate of drug-likeness (QED) is 0.573. The number of aromatic nitrogens is 5. The zero-order valence-electron chi connectivity index (χ0n) is 12.6. The number of hydrogen-bond acceptors (Lipinski definition) is 7. The minimum Gasteiger partial charge on any atom is -0.496 e. The van der Waals surface area contributed by atoms with Gasteiger partial charge in [-0.25, -0.2) is 9.67 Å². The van der Waals surface area contributed by atoms with Gasteiger partial charge in [-0.2, -0.15) is 0 Å². The van der Waals surface area contributed by atoms with E-state index in [4.69, 9.17) is 9.72 Å². The van der Waals surface area contributed by atoms with Gasteiger partial charge in [0.15, 0.2) is 0 Å². The summed E-state index contributed by atoms with van der Waals surface area (Å²) in [5.41, 5.74) is 1.99. The van der Waals surface area contributed by atoms with Crippen molar-refractivity contribution in [2.24, 2.45) is 0 Å². The minimum absolute atomic E-state index is 0.729. The van der Waals surface area contributed by atoms with Crippen LogP contribution in [0.3, 0.4) is 0 Å². The van der Waals surface area contributed by atoms with Crippen LogP contribution >= 0.6 is 39.0 Å². The average molecular weight is 412 g/mol. The van der Waals surface area contributed by atoms with E-state index in [1.54, 1.807) is 34.9 Å². The Balaban J connectivity index is 1.77. The normalized spacial score (nSPS) is 10.9. The van der Waals surface area contributed by atoms with Crippen molar-refractivity contribution in [2.45, 2.75) is 24.4 Å². The van der Waals surface area contributed by atoms with Gasteiger partial charge >= 0.3 is 0 Å². The van der Waals surface area contributed by atoms with Crippen molar-refractivity contribution in [1.29, 1.82) is 0 Å². The lowest BCUT2D eigenvalue weighted by atomic mass is 10.2. The molecule has 0 aliphatic heterocycles. The zero-order valence-corrected chi connectivity index (χ0v) is 15.8. The Morgan fingerprint density at radius 2 is 2.26 bits per heavy atom. The van der Waals surface area contributed by atoms with Crippen LogP contribution in [0.2, 0.25) is 0 Å². The van der Waals surface area contributed by atoms with Gasteiger partial charge in [0.05, 0.1) is 18.4 Å². The number of thiazole rings is 1. The number of rotatable bonds is 6. The molecule has 0 unspecified atom stereocenters. The van der Waals surface area contributed by atoms with Crippen molar-refractivity contribution in [2.75, 3.05) is 7.11 Å². The molecule has 120 valence electrons. The number of aryl methyl sites for hydroxylation is 1. The highest BCUT2D eigenvalue weighted by Gasteiger charge is 2.12. The molecule has 0 radical (unpaired) electrons. The molecule has 0 fully saturated rings.